The lowest BCUT2D eigenvalue weighted by Crippen LogP contribution is -2.47. The summed E-state index contributed by atoms with van der Waals surface area (Å²) in [5.74, 6) is 1.50. The summed E-state index contributed by atoms with van der Waals surface area (Å²) in [5.41, 5.74) is -0.0919. The summed E-state index contributed by atoms with van der Waals surface area (Å²) in [7, 11) is 0. The van der Waals surface area contributed by atoms with Crippen molar-refractivity contribution in [3.05, 3.63) is 65.2 Å². The van der Waals surface area contributed by atoms with Crippen LogP contribution < -0.4 is 5.56 Å². The fourth-order valence-corrected chi connectivity index (χ4v) is 3.14. The van der Waals surface area contributed by atoms with Crippen LogP contribution in [-0.4, -0.2) is 72.1 Å². The largest absolute Gasteiger partial charge is 0.299 e. The number of hydrogen-bond acceptors (Lipinski definition) is 7. The lowest BCUT2D eigenvalue weighted by atomic mass is 10.3. The van der Waals surface area contributed by atoms with Gasteiger partial charge in [-0.25, -0.2) is 19.3 Å². The van der Waals surface area contributed by atoms with E-state index in [9.17, 15) is 4.79 Å². The van der Waals surface area contributed by atoms with E-state index in [1.807, 2.05) is 18.3 Å². The molecule has 1 fully saturated rings. The molecule has 1 aliphatic heterocycles. The van der Waals surface area contributed by atoms with E-state index in [2.05, 4.69) is 30.0 Å². The highest BCUT2D eigenvalue weighted by Gasteiger charge is 2.17. The zero-order chi connectivity index (χ0) is 18.5. The maximum atomic E-state index is 12.1. The highest BCUT2D eigenvalue weighted by Crippen LogP contribution is 2.05. The minimum atomic E-state index is -0.0919. The van der Waals surface area contributed by atoms with Crippen molar-refractivity contribution in [2.75, 3.05) is 32.7 Å². The van der Waals surface area contributed by atoms with Crippen LogP contribution >= 0.6 is 0 Å². The summed E-state index contributed by atoms with van der Waals surface area (Å²) in [6.07, 6.45) is 7.06. The van der Waals surface area contributed by atoms with Crippen LogP contribution in [0.4, 0.5) is 0 Å². The molecular weight excluding hydrogens is 344 g/mol. The molecule has 0 unspecified atom stereocenters. The molecule has 1 aliphatic rings. The molecule has 0 spiro atoms. The summed E-state index contributed by atoms with van der Waals surface area (Å²) in [6, 6.07) is 6.90. The van der Waals surface area contributed by atoms with Gasteiger partial charge in [0.05, 0.1) is 13.1 Å². The van der Waals surface area contributed by atoms with Crippen LogP contribution in [0.25, 0.3) is 5.82 Å². The Morgan fingerprint density at radius 3 is 2.41 bits per heavy atom. The predicted molar refractivity (Wildman–Crippen MR) is 99.4 cm³/mol. The van der Waals surface area contributed by atoms with E-state index in [-0.39, 0.29) is 5.56 Å². The quantitative estimate of drug-likeness (QED) is 0.609. The van der Waals surface area contributed by atoms with Crippen LogP contribution in [0.3, 0.4) is 0 Å². The smallest absolute Gasteiger partial charge is 0.266 e. The van der Waals surface area contributed by atoms with Gasteiger partial charge in [-0.1, -0.05) is 0 Å². The first-order valence-corrected chi connectivity index (χ1v) is 9.07. The SMILES string of the molecule is O=c1ccc(-n2cccn2)nn1CCN1CCN(Cc2ncccn2)CC1. The number of aromatic nitrogens is 6. The number of piperazine rings is 1. The molecule has 27 heavy (non-hydrogen) atoms. The average Bonchev–Trinajstić information content (AvgIpc) is 3.24. The number of hydrogen-bond donors (Lipinski definition) is 0. The van der Waals surface area contributed by atoms with Crippen molar-refractivity contribution in [3.63, 3.8) is 0 Å². The van der Waals surface area contributed by atoms with Gasteiger partial charge in [-0.2, -0.15) is 5.10 Å². The van der Waals surface area contributed by atoms with Crippen molar-refractivity contribution in [3.8, 4) is 5.82 Å². The Hall–Kier alpha value is -2.91. The Bertz CT molecular complexity index is 901. The summed E-state index contributed by atoms with van der Waals surface area (Å²) < 4.78 is 3.17. The van der Waals surface area contributed by atoms with Gasteiger partial charge in [-0.05, 0) is 18.2 Å². The van der Waals surface area contributed by atoms with Gasteiger partial charge in [-0.15, -0.1) is 5.10 Å². The van der Waals surface area contributed by atoms with Crippen molar-refractivity contribution >= 4 is 0 Å². The Balaban J connectivity index is 1.30. The standard InChI is InChI=1S/C18H22N8O/c27-18-4-3-17(25-8-2-7-21-25)22-26(18)14-13-23-9-11-24(12-10-23)15-16-19-5-1-6-20-16/h1-8H,9-15H2. The molecule has 0 saturated carbocycles. The summed E-state index contributed by atoms with van der Waals surface area (Å²) in [4.78, 5) is 25.4. The molecule has 0 bridgehead atoms. The first-order chi connectivity index (χ1) is 13.3. The van der Waals surface area contributed by atoms with Crippen molar-refractivity contribution in [1.29, 1.82) is 0 Å². The van der Waals surface area contributed by atoms with Gasteiger partial charge in [0.15, 0.2) is 5.82 Å². The van der Waals surface area contributed by atoms with E-state index in [0.29, 0.717) is 12.4 Å². The van der Waals surface area contributed by atoms with Gasteiger partial charge in [-0.3, -0.25) is 14.6 Å². The molecule has 0 amide bonds. The first kappa shape index (κ1) is 17.5. The average molecular weight is 366 g/mol. The van der Waals surface area contributed by atoms with Gasteiger partial charge in [0.25, 0.3) is 5.56 Å². The highest BCUT2D eigenvalue weighted by atomic mass is 16.1. The van der Waals surface area contributed by atoms with E-state index in [1.54, 1.807) is 35.4 Å². The van der Waals surface area contributed by atoms with Gasteiger partial charge in [0.1, 0.15) is 5.82 Å². The molecule has 0 atom stereocenters. The second-order valence-corrected chi connectivity index (χ2v) is 6.49. The summed E-state index contributed by atoms with van der Waals surface area (Å²) in [6.45, 7) is 5.99. The Labute approximate surface area is 156 Å². The molecule has 0 N–H and O–H groups in total. The second kappa shape index (κ2) is 8.19. The van der Waals surface area contributed by atoms with Crippen molar-refractivity contribution in [2.24, 2.45) is 0 Å². The van der Waals surface area contributed by atoms with Crippen LogP contribution in [0.1, 0.15) is 5.82 Å². The van der Waals surface area contributed by atoms with Crippen LogP contribution in [0.5, 0.6) is 0 Å². The van der Waals surface area contributed by atoms with E-state index in [0.717, 1.165) is 45.1 Å². The van der Waals surface area contributed by atoms with Gasteiger partial charge in [0.2, 0.25) is 0 Å². The molecule has 4 rings (SSSR count). The molecule has 1 saturated heterocycles. The molecule has 4 heterocycles. The topological polar surface area (TPSA) is 85.0 Å². The monoisotopic (exact) mass is 366 g/mol. The maximum absolute atomic E-state index is 12.1. The third-order valence-electron chi connectivity index (χ3n) is 4.67. The van der Waals surface area contributed by atoms with E-state index >= 15 is 0 Å². The minimum Gasteiger partial charge on any atom is -0.299 e. The highest BCUT2D eigenvalue weighted by molar-refractivity contribution is 5.17. The summed E-state index contributed by atoms with van der Waals surface area (Å²) in [5, 5.41) is 8.58. The van der Waals surface area contributed by atoms with Crippen molar-refractivity contribution in [2.45, 2.75) is 13.1 Å². The fourth-order valence-electron chi connectivity index (χ4n) is 3.14. The Morgan fingerprint density at radius 1 is 0.889 bits per heavy atom. The molecule has 0 aromatic carbocycles. The van der Waals surface area contributed by atoms with Gasteiger partial charge in [0, 0.05) is 63.6 Å². The second-order valence-electron chi connectivity index (χ2n) is 6.49. The number of nitrogens with zero attached hydrogens (tertiary/aromatic N) is 8. The number of rotatable bonds is 6. The van der Waals surface area contributed by atoms with Crippen molar-refractivity contribution in [1.82, 2.24) is 39.3 Å². The molecule has 3 aromatic heterocycles. The normalized spacial score (nSPS) is 15.9. The Kier molecular flexibility index (Phi) is 5.31. The maximum Gasteiger partial charge on any atom is 0.266 e. The van der Waals surface area contributed by atoms with Crippen LogP contribution in [-0.2, 0) is 13.1 Å². The predicted octanol–water partition coefficient (Wildman–Crippen LogP) is 0.0368. The van der Waals surface area contributed by atoms with Gasteiger partial charge < -0.3 is 0 Å². The molecular formula is C18H22N8O. The third kappa shape index (κ3) is 4.44. The lowest BCUT2D eigenvalue weighted by molar-refractivity contribution is 0.120. The lowest BCUT2D eigenvalue weighted by Gasteiger charge is -2.34. The van der Waals surface area contributed by atoms with E-state index < -0.39 is 0 Å². The van der Waals surface area contributed by atoms with Crippen LogP contribution in [0, 0.1) is 0 Å². The zero-order valence-electron chi connectivity index (χ0n) is 15.1. The van der Waals surface area contributed by atoms with Crippen LogP contribution in [0.15, 0.2) is 53.8 Å². The zero-order valence-corrected chi connectivity index (χ0v) is 15.1. The van der Waals surface area contributed by atoms with Crippen LogP contribution in [0.2, 0.25) is 0 Å². The minimum absolute atomic E-state index is 0.0919. The molecule has 9 nitrogen and oxygen atoms in total. The van der Waals surface area contributed by atoms with E-state index in [4.69, 9.17) is 0 Å². The molecule has 140 valence electrons. The molecule has 9 heteroatoms. The Morgan fingerprint density at radius 2 is 1.67 bits per heavy atom. The molecule has 0 radical (unpaired) electrons. The molecule has 0 aliphatic carbocycles. The van der Waals surface area contributed by atoms with E-state index in [1.165, 1.54) is 4.68 Å². The van der Waals surface area contributed by atoms with Crippen molar-refractivity contribution < 1.29 is 0 Å². The third-order valence-corrected chi connectivity index (χ3v) is 4.67. The fraction of sp³-hybridized carbons (Fsp3) is 0.389. The molecule has 3 aromatic rings. The van der Waals surface area contributed by atoms with Gasteiger partial charge >= 0.3 is 0 Å². The summed E-state index contributed by atoms with van der Waals surface area (Å²) >= 11 is 0. The first-order valence-electron chi connectivity index (χ1n) is 9.07.